The second kappa shape index (κ2) is 7.26. The lowest BCUT2D eigenvalue weighted by atomic mass is 9.81. The molecule has 1 heterocycles. The van der Waals surface area contributed by atoms with E-state index < -0.39 is 0 Å². The molecule has 0 spiro atoms. The first-order valence-corrected chi connectivity index (χ1v) is 9.12. The Morgan fingerprint density at radius 3 is 2.35 bits per heavy atom. The molecule has 2 aliphatic rings. The molecule has 2 heteroatoms. The first kappa shape index (κ1) is 16.3. The summed E-state index contributed by atoms with van der Waals surface area (Å²) in [5.74, 6) is 1.02. The Kier molecular flexibility index (Phi) is 5.92. The molecule has 2 rings (SSSR count). The standard InChI is InChI=1S/C18H36N2/c1-5-8-15-9-11-17(12-10-15)20-14-18(4,7-3)19-13-16(20)6-2/h15-17,19H,5-14H2,1-4H3. The Morgan fingerprint density at radius 2 is 1.80 bits per heavy atom. The third-order valence-electron chi connectivity index (χ3n) is 6.00. The normalized spacial score (nSPS) is 39.9. The van der Waals surface area contributed by atoms with Gasteiger partial charge in [0.1, 0.15) is 0 Å². The van der Waals surface area contributed by atoms with E-state index in [0.29, 0.717) is 5.54 Å². The van der Waals surface area contributed by atoms with E-state index in [1.54, 1.807) is 0 Å². The van der Waals surface area contributed by atoms with Crippen molar-refractivity contribution in [2.45, 2.75) is 96.7 Å². The zero-order valence-electron chi connectivity index (χ0n) is 14.3. The predicted molar refractivity (Wildman–Crippen MR) is 88.1 cm³/mol. The van der Waals surface area contributed by atoms with Crippen molar-refractivity contribution in [1.29, 1.82) is 0 Å². The average molecular weight is 281 g/mol. The summed E-state index contributed by atoms with van der Waals surface area (Å²) in [5.41, 5.74) is 0.339. The van der Waals surface area contributed by atoms with Gasteiger partial charge in [-0.15, -0.1) is 0 Å². The van der Waals surface area contributed by atoms with Gasteiger partial charge in [0.15, 0.2) is 0 Å². The van der Waals surface area contributed by atoms with Crippen LogP contribution >= 0.6 is 0 Å². The van der Waals surface area contributed by atoms with Gasteiger partial charge < -0.3 is 5.32 Å². The minimum Gasteiger partial charge on any atom is -0.309 e. The van der Waals surface area contributed by atoms with Crippen LogP contribution in [0.3, 0.4) is 0 Å². The second-order valence-corrected chi connectivity index (χ2v) is 7.49. The van der Waals surface area contributed by atoms with E-state index in [1.165, 1.54) is 64.5 Å². The van der Waals surface area contributed by atoms with E-state index in [-0.39, 0.29) is 0 Å². The first-order valence-electron chi connectivity index (χ1n) is 9.12. The highest BCUT2D eigenvalue weighted by Crippen LogP contribution is 2.33. The average Bonchev–Trinajstić information content (AvgIpc) is 2.48. The van der Waals surface area contributed by atoms with E-state index in [9.17, 15) is 0 Å². The quantitative estimate of drug-likeness (QED) is 0.812. The van der Waals surface area contributed by atoms with Crippen LogP contribution in [-0.4, -0.2) is 35.6 Å². The van der Waals surface area contributed by atoms with Gasteiger partial charge in [-0.2, -0.15) is 0 Å². The number of nitrogens with one attached hydrogen (secondary N) is 1. The van der Waals surface area contributed by atoms with Crippen LogP contribution in [-0.2, 0) is 0 Å². The molecule has 0 radical (unpaired) electrons. The molecular weight excluding hydrogens is 244 g/mol. The van der Waals surface area contributed by atoms with Gasteiger partial charge in [-0.3, -0.25) is 4.90 Å². The molecule has 1 N–H and O–H groups in total. The fourth-order valence-electron chi connectivity index (χ4n) is 4.29. The van der Waals surface area contributed by atoms with Crippen LogP contribution in [0.5, 0.6) is 0 Å². The predicted octanol–water partition coefficient (Wildman–Crippen LogP) is 4.20. The molecule has 0 aromatic rings. The van der Waals surface area contributed by atoms with E-state index in [4.69, 9.17) is 0 Å². The molecule has 1 aliphatic heterocycles. The topological polar surface area (TPSA) is 15.3 Å². The van der Waals surface area contributed by atoms with Gasteiger partial charge in [0.25, 0.3) is 0 Å². The molecule has 0 aromatic carbocycles. The Labute approximate surface area is 126 Å². The van der Waals surface area contributed by atoms with Crippen LogP contribution in [0, 0.1) is 5.92 Å². The highest BCUT2D eigenvalue weighted by Gasteiger charge is 2.38. The number of hydrogen-bond donors (Lipinski definition) is 1. The first-order chi connectivity index (χ1) is 9.61. The van der Waals surface area contributed by atoms with Crippen LogP contribution in [0.1, 0.15) is 79.1 Å². The van der Waals surface area contributed by atoms with Gasteiger partial charge >= 0.3 is 0 Å². The summed E-state index contributed by atoms with van der Waals surface area (Å²) >= 11 is 0. The summed E-state index contributed by atoms with van der Waals surface area (Å²) in [6.45, 7) is 11.9. The lowest BCUT2D eigenvalue weighted by molar-refractivity contribution is 0.0224. The maximum atomic E-state index is 3.80. The van der Waals surface area contributed by atoms with Gasteiger partial charge in [0, 0.05) is 30.7 Å². The maximum Gasteiger partial charge on any atom is 0.0278 e. The van der Waals surface area contributed by atoms with Crippen molar-refractivity contribution in [1.82, 2.24) is 10.2 Å². The summed E-state index contributed by atoms with van der Waals surface area (Å²) in [7, 11) is 0. The van der Waals surface area contributed by atoms with Crippen molar-refractivity contribution in [3.05, 3.63) is 0 Å². The highest BCUT2D eigenvalue weighted by atomic mass is 15.3. The second-order valence-electron chi connectivity index (χ2n) is 7.49. The molecular formula is C18H36N2. The van der Waals surface area contributed by atoms with Crippen LogP contribution in [0.2, 0.25) is 0 Å². The van der Waals surface area contributed by atoms with Crippen molar-refractivity contribution in [2.24, 2.45) is 5.92 Å². The molecule has 2 fully saturated rings. The number of nitrogens with zero attached hydrogens (tertiary/aromatic N) is 1. The molecule has 0 bridgehead atoms. The Morgan fingerprint density at radius 1 is 1.10 bits per heavy atom. The van der Waals surface area contributed by atoms with Gasteiger partial charge in [-0.1, -0.05) is 33.6 Å². The molecule has 1 saturated carbocycles. The van der Waals surface area contributed by atoms with Gasteiger partial charge in [-0.05, 0) is 51.4 Å². The van der Waals surface area contributed by atoms with Gasteiger partial charge in [0.2, 0.25) is 0 Å². The lowest BCUT2D eigenvalue weighted by Gasteiger charge is -2.50. The SMILES string of the molecule is CCCC1CCC(N2CC(C)(CC)NCC2CC)CC1. The molecule has 2 nitrogen and oxygen atoms in total. The molecule has 1 saturated heterocycles. The highest BCUT2D eigenvalue weighted by molar-refractivity contribution is 4.97. The summed E-state index contributed by atoms with van der Waals surface area (Å²) in [4.78, 5) is 2.88. The van der Waals surface area contributed by atoms with Crippen molar-refractivity contribution in [3.63, 3.8) is 0 Å². The van der Waals surface area contributed by atoms with Gasteiger partial charge in [0.05, 0.1) is 0 Å². The third-order valence-corrected chi connectivity index (χ3v) is 6.00. The molecule has 1 aliphatic carbocycles. The van der Waals surface area contributed by atoms with Crippen molar-refractivity contribution in [2.75, 3.05) is 13.1 Å². The summed E-state index contributed by atoms with van der Waals surface area (Å²) in [6, 6.07) is 1.63. The van der Waals surface area contributed by atoms with Crippen LogP contribution in [0.4, 0.5) is 0 Å². The van der Waals surface area contributed by atoms with Gasteiger partial charge in [-0.25, -0.2) is 0 Å². The van der Waals surface area contributed by atoms with E-state index in [2.05, 4.69) is 37.9 Å². The smallest absolute Gasteiger partial charge is 0.0278 e. The van der Waals surface area contributed by atoms with E-state index in [1.807, 2.05) is 0 Å². The van der Waals surface area contributed by atoms with Crippen molar-refractivity contribution < 1.29 is 0 Å². The van der Waals surface area contributed by atoms with E-state index in [0.717, 1.165) is 18.0 Å². The summed E-state index contributed by atoms with van der Waals surface area (Å²) in [6.07, 6.45) is 11.2. The van der Waals surface area contributed by atoms with Crippen LogP contribution in [0.15, 0.2) is 0 Å². The molecule has 0 amide bonds. The third kappa shape index (κ3) is 3.76. The minimum atomic E-state index is 0.339. The summed E-state index contributed by atoms with van der Waals surface area (Å²) < 4.78 is 0. The minimum absolute atomic E-state index is 0.339. The number of rotatable bonds is 5. The Bertz CT molecular complexity index is 283. The van der Waals surface area contributed by atoms with Crippen LogP contribution < -0.4 is 5.32 Å². The molecule has 20 heavy (non-hydrogen) atoms. The number of piperazine rings is 1. The zero-order valence-corrected chi connectivity index (χ0v) is 14.3. The van der Waals surface area contributed by atoms with Crippen molar-refractivity contribution >= 4 is 0 Å². The Hall–Kier alpha value is -0.0800. The Balaban J connectivity index is 1.94. The fraction of sp³-hybridized carbons (Fsp3) is 1.00. The van der Waals surface area contributed by atoms with E-state index >= 15 is 0 Å². The number of hydrogen-bond acceptors (Lipinski definition) is 2. The maximum absolute atomic E-state index is 3.80. The molecule has 0 aromatic heterocycles. The lowest BCUT2D eigenvalue weighted by Crippen LogP contribution is -2.64. The fourth-order valence-corrected chi connectivity index (χ4v) is 4.29. The monoisotopic (exact) mass is 280 g/mol. The zero-order chi connectivity index (χ0) is 14.6. The summed E-state index contributed by atoms with van der Waals surface area (Å²) in [5, 5.41) is 3.80. The largest absolute Gasteiger partial charge is 0.309 e. The molecule has 2 unspecified atom stereocenters. The molecule has 118 valence electrons. The van der Waals surface area contributed by atoms with Crippen molar-refractivity contribution in [3.8, 4) is 0 Å². The molecule has 2 atom stereocenters. The van der Waals surface area contributed by atoms with Crippen LogP contribution in [0.25, 0.3) is 0 Å².